The fourth-order valence-electron chi connectivity index (χ4n) is 2.65. The molecule has 0 aliphatic rings. The molecular weight excluding hydrogens is 230 g/mol. The zero-order valence-corrected chi connectivity index (χ0v) is 12.1. The lowest BCUT2D eigenvalue weighted by molar-refractivity contribution is 0.660. The van der Waals surface area contributed by atoms with Crippen molar-refractivity contribution in [3.8, 4) is 0 Å². The van der Waals surface area contributed by atoms with Gasteiger partial charge in [-0.3, -0.25) is 0 Å². The van der Waals surface area contributed by atoms with Crippen molar-refractivity contribution in [3.05, 3.63) is 70.3 Å². The van der Waals surface area contributed by atoms with Crippen LogP contribution in [0.3, 0.4) is 0 Å². The Balaban J connectivity index is 2.07. The van der Waals surface area contributed by atoms with Gasteiger partial charge in [0.2, 0.25) is 0 Å². The summed E-state index contributed by atoms with van der Waals surface area (Å²) in [6.07, 6.45) is 1.89. The van der Waals surface area contributed by atoms with Crippen molar-refractivity contribution < 1.29 is 0 Å². The van der Waals surface area contributed by atoms with Crippen molar-refractivity contribution in [2.75, 3.05) is 0 Å². The third-order valence-corrected chi connectivity index (χ3v) is 3.69. The van der Waals surface area contributed by atoms with E-state index in [2.05, 4.69) is 63.2 Å². The summed E-state index contributed by atoms with van der Waals surface area (Å²) in [6.45, 7) is 6.46. The number of rotatable bonds is 4. The van der Waals surface area contributed by atoms with Crippen molar-refractivity contribution in [3.63, 3.8) is 0 Å². The van der Waals surface area contributed by atoms with Gasteiger partial charge in [0, 0.05) is 6.04 Å². The molecule has 0 aromatic heterocycles. The molecule has 0 fully saturated rings. The van der Waals surface area contributed by atoms with Gasteiger partial charge in [0.15, 0.2) is 0 Å². The minimum Gasteiger partial charge on any atom is -0.327 e. The highest BCUT2D eigenvalue weighted by Crippen LogP contribution is 2.16. The maximum Gasteiger partial charge on any atom is 0.0120 e. The van der Waals surface area contributed by atoms with Gasteiger partial charge in [-0.15, -0.1) is 0 Å². The Morgan fingerprint density at radius 1 is 0.895 bits per heavy atom. The quantitative estimate of drug-likeness (QED) is 0.883. The number of benzene rings is 2. The van der Waals surface area contributed by atoms with Crippen molar-refractivity contribution in [1.82, 2.24) is 0 Å². The lowest BCUT2D eigenvalue weighted by Gasteiger charge is -2.16. The van der Waals surface area contributed by atoms with Gasteiger partial charge in [0.25, 0.3) is 0 Å². The van der Waals surface area contributed by atoms with Crippen LogP contribution < -0.4 is 5.73 Å². The van der Waals surface area contributed by atoms with Crippen LogP contribution in [0.2, 0.25) is 0 Å². The highest BCUT2D eigenvalue weighted by molar-refractivity contribution is 5.34. The lowest BCUT2D eigenvalue weighted by Crippen LogP contribution is -2.26. The number of hydrogen-bond donors (Lipinski definition) is 1. The largest absolute Gasteiger partial charge is 0.327 e. The molecule has 0 aliphatic heterocycles. The summed E-state index contributed by atoms with van der Waals surface area (Å²) in [5.74, 6) is 0. The third kappa shape index (κ3) is 3.68. The van der Waals surface area contributed by atoms with Crippen LogP contribution in [0.15, 0.2) is 42.5 Å². The van der Waals surface area contributed by atoms with Crippen LogP contribution in [0, 0.1) is 20.8 Å². The summed E-state index contributed by atoms with van der Waals surface area (Å²) < 4.78 is 0. The highest BCUT2D eigenvalue weighted by Gasteiger charge is 2.09. The van der Waals surface area contributed by atoms with Gasteiger partial charge in [-0.2, -0.15) is 0 Å². The molecule has 1 heteroatoms. The summed E-state index contributed by atoms with van der Waals surface area (Å²) in [4.78, 5) is 0. The second kappa shape index (κ2) is 6.03. The fraction of sp³-hybridized carbons (Fsp3) is 0.333. The number of aryl methyl sites for hydroxylation is 3. The average molecular weight is 253 g/mol. The van der Waals surface area contributed by atoms with E-state index in [-0.39, 0.29) is 6.04 Å². The van der Waals surface area contributed by atoms with E-state index in [4.69, 9.17) is 5.73 Å². The first kappa shape index (κ1) is 13.8. The molecule has 0 amide bonds. The van der Waals surface area contributed by atoms with Crippen LogP contribution in [0.5, 0.6) is 0 Å². The highest BCUT2D eigenvalue weighted by atomic mass is 14.6. The van der Waals surface area contributed by atoms with E-state index in [9.17, 15) is 0 Å². The Labute approximate surface area is 116 Å². The summed E-state index contributed by atoms with van der Waals surface area (Å²) >= 11 is 0. The second-order valence-corrected chi connectivity index (χ2v) is 5.53. The van der Waals surface area contributed by atoms with E-state index in [1.165, 1.54) is 27.8 Å². The van der Waals surface area contributed by atoms with Crippen molar-refractivity contribution in [2.24, 2.45) is 5.73 Å². The monoisotopic (exact) mass is 253 g/mol. The van der Waals surface area contributed by atoms with E-state index < -0.39 is 0 Å². The molecule has 1 nitrogen and oxygen atoms in total. The molecule has 0 bridgehead atoms. The average Bonchev–Trinajstić information content (AvgIpc) is 2.34. The first-order valence-electron chi connectivity index (χ1n) is 6.92. The first-order valence-corrected chi connectivity index (χ1v) is 6.92. The Morgan fingerprint density at radius 2 is 1.53 bits per heavy atom. The molecule has 1 atom stereocenters. The lowest BCUT2D eigenvalue weighted by atomic mass is 9.93. The van der Waals surface area contributed by atoms with Gasteiger partial charge < -0.3 is 5.73 Å². The van der Waals surface area contributed by atoms with Crippen molar-refractivity contribution >= 4 is 0 Å². The fourth-order valence-corrected chi connectivity index (χ4v) is 2.65. The Bertz CT molecular complexity index is 537. The molecular formula is C18H23N. The van der Waals surface area contributed by atoms with Crippen molar-refractivity contribution in [2.45, 2.75) is 39.7 Å². The van der Waals surface area contributed by atoms with Crippen LogP contribution >= 0.6 is 0 Å². The molecule has 0 heterocycles. The van der Waals surface area contributed by atoms with Gasteiger partial charge in [-0.1, -0.05) is 48.0 Å². The van der Waals surface area contributed by atoms with Crippen LogP contribution in [0.25, 0.3) is 0 Å². The minimum atomic E-state index is 0.182. The predicted molar refractivity (Wildman–Crippen MR) is 82.5 cm³/mol. The number of nitrogens with two attached hydrogens (primary N) is 1. The number of hydrogen-bond acceptors (Lipinski definition) is 1. The Kier molecular flexibility index (Phi) is 4.39. The zero-order valence-electron chi connectivity index (χ0n) is 12.1. The summed E-state index contributed by atoms with van der Waals surface area (Å²) in [5, 5.41) is 0. The Hall–Kier alpha value is -1.60. The molecule has 2 aromatic carbocycles. The molecule has 0 aliphatic carbocycles. The molecule has 19 heavy (non-hydrogen) atoms. The maximum absolute atomic E-state index is 6.33. The van der Waals surface area contributed by atoms with Crippen LogP contribution in [0.4, 0.5) is 0 Å². The van der Waals surface area contributed by atoms with E-state index in [0.29, 0.717) is 0 Å². The molecule has 2 aromatic rings. The van der Waals surface area contributed by atoms with Gasteiger partial charge in [-0.25, -0.2) is 0 Å². The van der Waals surface area contributed by atoms with Gasteiger partial charge in [0.05, 0.1) is 0 Å². The Morgan fingerprint density at radius 3 is 2.16 bits per heavy atom. The summed E-state index contributed by atoms with van der Waals surface area (Å²) in [6, 6.07) is 15.3. The molecule has 2 N–H and O–H groups in total. The van der Waals surface area contributed by atoms with Crippen molar-refractivity contribution in [1.29, 1.82) is 0 Å². The molecule has 1 unspecified atom stereocenters. The second-order valence-electron chi connectivity index (χ2n) is 5.53. The van der Waals surface area contributed by atoms with E-state index in [1.54, 1.807) is 0 Å². The summed E-state index contributed by atoms with van der Waals surface area (Å²) in [7, 11) is 0. The minimum absolute atomic E-state index is 0.182. The van der Waals surface area contributed by atoms with Gasteiger partial charge in [-0.05, 0) is 55.9 Å². The zero-order chi connectivity index (χ0) is 13.8. The van der Waals surface area contributed by atoms with Gasteiger partial charge in [0.1, 0.15) is 0 Å². The smallest absolute Gasteiger partial charge is 0.0120 e. The molecule has 0 saturated carbocycles. The first-order chi connectivity index (χ1) is 9.06. The van der Waals surface area contributed by atoms with Crippen LogP contribution in [-0.2, 0) is 12.8 Å². The predicted octanol–water partition coefficient (Wildman–Crippen LogP) is 3.72. The maximum atomic E-state index is 6.33. The van der Waals surface area contributed by atoms with E-state index in [1.807, 2.05) is 0 Å². The molecule has 0 radical (unpaired) electrons. The SMILES string of the molecule is Cc1cccc(CC(N)Cc2c(C)cccc2C)c1. The standard InChI is InChI=1S/C18H23N/c1-13-6-4-9-16(10-13)11-17(19)12-18-14(2)7-5-8-15(18)3/h4-10,17H,11-12,19H2,1-3H3. The topological polar surface area (TPSA) is 26.0 Å². The van der Waals surface area contributed by atoms with Gasteiger partial charge >= 0.3 is 0 Å². The molecule has 0 spiro atoms. The van der Waals surface area contributed by atoms with Crippen LogP contribution in [-0.4, -0.2) is 6.04 Å². The molecule has 100 valence electrons. The molecule has 0 saturated heterocycles. The van der Waals surface area contributed by atoms with E-state index >= 15 is 0 Å². The molecule has 2 rings (SSSR count). The third-order valence-electron chi connectivity index (χ3n) is 3.69. The normalized spacial score (nSPS) is 12.4. The van der Waals surface area contributed by atoms with Crippen LogP contribution in [0.1, 0.15) is 27.8 Å². The van der Waals surface area contributed by atoms with E-state index in [0.717, 1.165) is 12.8 Å². The summed E-state index contributed by atoms with van der Waals surface area (Å²) in [5.41, 5.74) is 13.1.